The van der Waals surface area contributed by atoms with Gasteiger partial charge in [0, 0.05) is 38.8 Å². The van der Waals surface area contributed by atoms with Gasteiger partial charge < -0.3 is 20.6 Å². The molecule has 0 aliphatic heterocycles. The van der Waals surface area contributed by atoms with Crippen molar-refractivity contribution < 1.29 is 9.90 Å². The molecule has 3 N–H and O–H groups in total. The van der Waals surface area contributed by atoms with Crippen molar-refractivity contribution in [3.05, 3.63) is 64.8 Å². The summed E-state index contributed by atoms with van der Waals surface area (Å²) in [5.41, 5.74) is 3.19. The number of aryl methyl sites for hydroxylation is 1. The first kappa shape index (κ1) is 26.6. The van der Waals surface area contributed by atoms with E-state index in [4.69, 9.17) is 0 Å². The number of anilines is 3. The zero-order chi connectivity index (χ0) is 27.4. The van der Waals surface area contributed by atoms with E-state index in [9.17, 15) is 14.7 Å². The molecule has 38 heavy (non-hydrogen) atoms. The lowest BCUT2D eigenvalue weighted by Crippen LogP contribution is -2.33. The third-order valence-corrected chi connectivity index (χ3v) is 6.33. The van der Waals surface area contributed by atoms with Gasteiger partial charge in [0.05, 0.1) is 23.1 Å². The first-order valence-corrected chi connectivity index (χ1v) is 12.7. The number of hydrogen-bond donors (Lipinski definition) is 3. The number of nitrogens with one attached hydrogen (secondary N) is 2. The molecular weight excluding hydrogens is 484 g/mol. The van der Waals surface area contributed by atoms with Crippen LogP contribution in [0.1, 0.15) is 33.3 Å². The van der Waals surface area contributed by atoms with Crippen LogP contribution in [0.15, 0.2) is 53.6 Å². The second kappa shape index (κ2) is 11.3. The summed E-state index contributed by atoms with van der Waals surface area (Å²) < 4.78 is 3.10. The van der Waals surface area contributed by atoms with E-state index >= 15 is 0 Å². The summed E-state index contributed by atoms with van der Waals surface area (Å²) >= 11 is 0. The lowest BCUT2D eigenvalue weighted by atomic mass is 10.1. The van der Waals surface area contributed by atoms with Gasteiger partial charge in [0.1, 0.15) is 6.04 Å². The molecule has 200 valence electrons. The lowest BCUT2D eigenvalue weighted by molar-refractivity contribution is -0.137. The molecule has 11 nitrogen and oxygen atoms in total. The number of fused-ring (bicyclic) bond motifs is 1. The first-order valence-electron chi connectivity index (χ1n) is 12.7. The van der Waals surface area contributed by atoms with Gasteiger partial charge in [-0.1, -0.05) is 12.1 Å². The molecule has 1 aromatic carbocycles. The number of imidazole rings is 1. The smallest absolute Gasteiger partial charge is 0.334 e. The van der Waals surface area contributed by atoms with Crippen molar-refractivity contribution in [2.45, 2.75) is 46.2 Å². The van der Waals surface area contributed by atoms with Crippen LogP contribution in [-0.2, 0) is 18.3 Å². The SMILES string of the molecule is CCN(CC)c1ncc(NC(C)C)c(NC(Cc2ccc(-n3c(=O)n(C)c4cccnc43)cc2)C(=O)O)n1. The minimum Gasteiger partial charge on any atom is -0.480 e. The van der Waals surface area contributed by atoms with Crippen LogP contribution in [0.2, 0.25) is 0 Å². The number of carboxylic acid groups (broad SMARTS) is 1. The van der Waals surface area contributed by atoms with Crippen LogP contribution >= 0.6 is 0 Å². The summed E-state index contributed by atoms with van der Waals surface area (Å²) in [6.07, 6.45) is 3.55. The van der Waals surface area contributed by atoms with Crippen molar-refractivity contribution in [3.8, 4) is 5.69 Å². The fourth-order valence-corrected chi connectivity index (χ4v) is 4.34. The number of benzene rings is 1. The summed E-state index contributed by atoms with van der Waals surface area (Å²) in [6.45, 7) is 9.50. The molecule has 0 saturated carbocycles. The Morgan fingerprint density at radius 1 is 1.08 bits per heavy atom. The van der Waals surface area contributed by atoms with E-state index in [1.165, 1.54) is 0 Å². The van der Waals surface area contributed by atoms with Crippen LogP contribution in [0.25, 0.3) is 16.9 Å². The monoisotopic (exact) mass is 518 g/mol. The van der Waals surface area contributed by atoms with Crippen molar-refractivity contribution in [1.29, 1.82) is 0 Å². The quantitative estimate of drug-likeness (QED) is 0.274. The maximum absolute atomic E-state index is 12.8. The van der Waals surface area contributed by atoms with Gasteiger partial charge >= 0.3 is 11.7 Å². The number of aromatic nitrogens is 5. The minimum atomic E-state index is -0.998. The van der Waals surface area contributed by atoms with Crippen LogP contribution < -0.4 is 21.2 Å². The van der Waals surface area contributed by atoms with E-state index in [2.05, 4.69) is 25.6 Å². The van der Waals surface area contributed by atoms with Crippen LogP contribution in [0.3, 0.4) is 0 Å². The summed E-state index contributed by atoms with van der Waals surface area (Å²) in [6, 6.07) is 10.1. The highest BCUT2D eigenvalue weighted by Gasteiger charge is 2.22. The molecule has 0 radical (unpaired) electrons. The van der Waals surface area contributed by atoms with E-state index in [1.807, 2.05) is 50.8 Å². The summed E-state index contributed by atoms with van der Waals surface area (Å²) in [5, 5.41) is 16.4. The van der Waals surface area contributed by atoms with Crippen molar-refractivity contribution >= 4 is 34.6 Å². The van der Waals surface area contributed by atoms with Gasteiger partial charge in [-0.2, -0.15) is 4.98 Å². The molecule has 3 aromatic heterocycles. The summed E-state index contributed by atoms with van der Waals surface area (Å²) in [4.78, 5) is 40.6. The Balaban J connectivity index is 1.61. The summed E-state index contributed by atoms with van der Waals surface area (Å²) in [5.74, 6) is -0.0236. The molecule has 0 aliphatic carbocycles. The topological polar surface area (TPSA) is 130 Å². The Kier molecular flexibility index (Phi) is 7.94. The fraction of sp³-hybridized carbons (Fsp3) is 0.370. The van der Waals surface area contributed by atoms with E-state index < -0.39 is 12.0 Å². The minimum absolute atomic E-state index is 0.112. The highest BCUT2D eigenvalue weighted by Crippen LogP contribution is 2.24. The normalized spacial score (nSPS) is 12.1. The molecule has 0 spiro atoms. The zero-order valence-electron chi connectivity index (χ0n) is 22.3. The van der Waals surface area contributed by atoms with E-state index in [0.29, 0.717) is 28.8 Å². The van der Waals surface area contributed by atoms with Crippen molar-refractivity contribution in [3.63, 3.8) is 0 Å². The average Bonchev–Trinajstić information content (AvgIpc) is 3.15. The van der Waals surface area contributed by atoms with E-state index in [-0.39, 0.29) is 18.2 Å². The molecule has 1 unspecified atom stereocenters. The van der Waals surface area contributed by atoms with Gasteiger partial charge in [0.15, 0.2) is 11.5 Å². The van der Waals surface area contributed by atoms with Crippen LogP contribution in [0.4, 0.5) is 17.5 Å². The fourth-order valence-electron chi connectivity index (χ4n) is 4.34. The highest BCUT2D eigenvalue weighted by molar-refractivity contribution is 5.80. The van der Waals surface area contributed by atoms with E-state index in [0.717, 1.165) is 24.2 Å². The van der Waals surface area contributed by atoms with Crippen molar-refractivity contribution in [1.82, 2.24) is 24.1 Å². The highest BCUT2D eigenvalue weighted by atomic mass is 16.4. The third kappa shape index (κ3) is 5.46. The molecular formula is C27H34N8O3. The van der Waals surface area contributed by atoms with Crippen LogP contribution in [0, 0.1) is 0 Å². The molecule has 0 fully saturated rings. The standard InChI is InChI=1S/C27H34N8O3/c1-6-34(7-2)26-29-16-21(30-17(3)4)23(32-26)31-20(25(36)37)15-18-10-12-19(13-11-18)35-24-22(9-8-14-28-24)33(5)27(35)38/h8-14,16-17,20,30H,6-7,15H2,1-5H3,(H,36,37)(H,29,31,32). The predicted octanol–water partition coefficient (Wildman–Crippen LogP) is 3.29. The molecule has 0 aliphatic rings. The molecule has 0 bridgehead atoms. The molecule has 3 heterocycles. The van der Waals surface area contributed by atoms with E-state index in [1.54, 1.807) is 46.8 Å². The summed E-state index contributed by atoms with van der Waals surface area (Å²) in [7, 11) is 1.71. The molecule has 4 rings (SSSR count). The van der Waals surface area contributed by atoms with Crippen LogP contribution in [-0.4, -0.2) is 60.3 Å². The molecule has 11 heteroatoms. The zero-order valence-corrected chi connectivity index (χ0v) is 22.3. The third-order valence-electron chi connectivity index (χ3n) is 6.33. The largest absolute Gasteiger partial charge is 0.480 e. The Morgan fingerprint density at radius 2 is 1.79 bits per heavy atom. The Hall–Kier alpha value is -4.41. The number of nitrogens with zero attached hydrogens (tertiary/aromatic N) is 6. The van der Waals surface area contributed by atoms with Crippen molar-refractivity contribution in [2.75, 3.05) is 28.6 Å². The second-order valence-corrected chi connectivity index (χ2v) is 9.33. The predicted molar refractivity (Wildman–Crippen MR) is 149 cm³/mol. The molecule has 0 saturated heterocycles. The second-order valence-electron chi connectivity index (χ2n) is 9.33. The number of carboxylic acids is 1. The van der Waals surface area contributed by atoms with Gasteiger partial charge in [-0.05, 0) is 57.5 Å². The number of rotatable bonds is 11. The van der Waals surface area contributed by atoms with Gasteiger partial charge in [-0.25, -0.2) is 24.1 Å². The molecule has 4 aromatic rings. The Bertz CT molecular complexity index is 1470. The van der Waals surface area contributed by atoms with Gasteiger partial charge in [0.25, 0.3) is 0 Å². The van der Waals surface area contributed by atoms with Gasteiger partial charge in [-0.15, -0.1) is 0 Å². The number of pyridine rings is 1. The number of aliphatic carboxylic acids is 1. The lowest BCUT2D eigenvalue weighted by Gasteiger charge is -2.23. The van der Waals surface area contributed by atoms with Gasteiger partial charge in [0.2, 0.25) is 5.95 Å². The maximum atomic E-state index is 12.8. The van der Waals surface area contributed by atoms with Crippen molar-refractivity contribution in [2.24, 2.45) is 7.05 Å². The number of hydrogen-bond acceptors (Lipinski definition) is 8. The Labute approximate surface area is 221 Å². The first-order chi connectivity index (χ1) is 18.2. The number of carbonyl (C=O) groups is 1. The Morgan fingerprint density at radius 3 is 2.42 bits per heavy atom. The maximum Gasteiger partial charge on any atom is 0.334 e. The van der Waals surface area contributed by atoms with Crippen LogP contribution in [0.5, 0.6) is 0 Å². The van der Waals surface area contributed by atoms with Gasteiger partial charge in [-0.3, -0.25) is 4.57 Å². The molecule has 0 amide bonds. The molecule has 1 atom stereocenters. The average molecular weight is 519 g/mol.